The van der Waals surface area contributed by atoms with Gasteiger partial charge in [-0.3, -0.25) is 4.79 Å². The lowest BCUT2D eigenvalue weighted by molar-refractivity contribution is -0.359. The lowest BCUT2D eigenvalue weighted by atomic mass is 9.97. The normalized spacial score (nSPS) is 28.7. The summed E-state index contributed by atoms with van der Waals surface area (Å²) < 4.78 is 22.6. The fraction of sp³-hybridized carbons (Fsp3) is 0.889. The first-order valence-electron chi connectivity index (χ1n) is 23.1. The SMILES string of the molecule is CCCCC/C=C\C/C=C\CCCCCCCCCCCC(=O)NC(COC1OC(CO)C(OC2OC(CO)C(O)C(O)C2O)C(O)C1O)C(O)CCCCCCCC. The Morgan fingerprint density at radius 2 is 1.12 bits per heavy atom. The maximum atomic E-state index is 13.1. The Hall–Kier alpha value is -1.53. The number of rotatable bonds is 34. The highest BCUT2D eigenvalue weighted by Gasteiger charge is 2.51. The van der Waals surface area contributed by atoms with Gasteiger partial charge in [-0.05, 0) is 44.9 Å². The van der Waals surface area contributed by atoms with E-state index >= 15 is 0 Å². The Bertz CT molecular complexity index is 1090. The summed E-state index contributed by atoms with van der Waals surface area (Å²) in [5.41, 5.74) is 0. The molecule has 9 N–H and O–H groups in total. The number of aliphatic hydroxyl groups excluding tert-OH is 8. The molecule has 2 aliphatic rings. The average molecular weight is 846 g/mol. The lowest BCUT2D eigenvalue weighted by Gasteiger charge is -2.46. The average Bonchev–Trinajstić information content (AvgIpc) is 3.23. The maximum absolute atomic E-state index is 13.1. The minimum Gasteiger partial charge on any atom is -0.394 e. The van der Waals surface area contributed by atoms with Crippen LogP contribution in [0.2, 0.25) is 0 Å². The number of hydrogen-bond donors (Lipinski definition) is 9. The van der Waals surface area contributed by atoms with Crippen LogP contribution in [0.5, 0.6) is 0 Å². The fourth-order valence-corrected chi connectivity index (χ4v) is 7.56. The van der Waals surface area contributed by atoms with E-state index in [1.165, 1.54) is 57.8 Å². The number of aliphatic hydroxyl groups is 8. The molecule has 2 fully saturated rings. The summed E-state index contributed by atoms with van der Waals surface area (Å²) >= 11 is 0. The number of unbranched alkanes of at least 4 members (excludes halogenated alkanes) is 17. The van der Waals surface area contributed by atoms with Gasteiger partial charge in [-0.25, -0.2) is 0 Å². The van der Waals surface area contributed by atoms with E-state index < -0.39 is 86.8 Å². The van der Waals surface area contributed by atoms with Gasteiger partial charge in [0.15, 0.2) is 12.6 Å². The van der Waals surface area contributed by atoms with Crippen molar-refractivity contribution >= 4 is 5.91 Å². The summed E-state index contributed by atoms with van der Waals surface area (Å²) in [4.78, 5) is 13.1. The van der Waals surface area contributed by atoms with Crippen molar-refractivity contribution in [3.8, 4) is 0 Å². The first-order chi connectivity index (χ1) is 28.6. The monoisotopic (exact) mass is 846 g/mol. The smallest absolute Gasteiger partial charge is 0.220 e. The summed E-state index contributed by atoms with van der Waals surface area (Å²) in [7, 11) is 0. The number of amides is 1. The van der Waals surface area contributed by atoms with Crippen LogP contribution in [0, 0.1) is 0 Å². The third-order valence-electron chi connectivity index (χ3n) is 11.4. The van der Waals surface area contributed by atoms with Crippen molar-refractivity contribution < 1.29 is 64.6 Å². The first kappa shape index (κ1) is 53.6. The summed E-state index contributed by atoms with van der Waals surface area (Å²) in [6, 6.07) is -0.825. The fourth-order valence-electron chi connectivity index (χ4n) is 7.56. The Morgan fingerprint density at radius 1 is 0.610 bits per heavy atom. The molecule has 0 radical (unpaired) electrons. The van der Waals surface area contributed by atoms with Crippen LogP contribution in [0.3, 0.4) is 0 Å². The molecule has 0 aliphatic carbocycles. The molecule has 2 saturated heterocycles. The van der Waals surface area contributed by atoms with Crippen molar-refractivity contribution in [2.24, 2.45) is 0 Å². The Morgan fingerprint density at radius 3 is 1.73 bits per heavy atom. The van der Waals surface area contributed by atoms with E-state index in [4.69, 9.17) is 18.9 Å². The lowest BCUT2D eigenvalue weighted by Crippen LogP contribution is -2.65. The van der Waals surface area contributed by atoms with Crippen LogP contribution >= 0.6 is 0 Å². The van der Waals surface area contributed by atoms with E-state index in [1.54, 1.807) is 0 Å². The predicted molar refractivity (Wildman–Crippen MR) is 226 cm³/mol. The number of ether oxygens (including phenoxy) is 4. The van der Waals surface area contributed by atoms with E-state index in [0.29, 0.717) is 12.8 Å². The molecule has 12 atom stereocenters. The second-order valence-electron chi connectivity index (χ2n) is 16.5. The molecule has 0 spiro atoms. The molecule has 2 rings (SSSR count). The van der Waals surface area contributed by atoms with Crippen LogP contribution < -0.4 is 5.32 Å². The highest BCUT2D eigenvalue weighted by molar-refractivity contribution is 5.76. The van der Waals surface area contributed by atoms with Gasteiger partial charge in [-0.15, -0.1) is 0 Å². The van der Waals surface area contributed by atoms with Crippen LogP contribution in [0.1, 0.15) is 162 Å². The zero-order valence-corrected chi connectivity index (χ0v) is 36.2. The molecule has 2 aliphatic heterocycles. The molecule has 2 heterocycles. The first-order valence-corrected chi connectivity index (χ1v) is 23.1. The third kappa shape index (κ3) is 21.4. The van der Waals surface area contributed by atoms with Crippen LogP contribution in [0.15, 0.2) is 24.3 Å². The maximum Gasteiger partial charge on any atom is 0.220 e. The van der Waals surface area contributed by atoms with Crippen LogP contribution in [-0.4, -0.2) is 140 Å². The molecule has 14 nitrogen and oxygen atoms in total. The molecular formula is C45H83NO13. The van der Waals surface area contributed by atoms with Gasteiger partial charge in [0.1, 0.15) is 48.8 Å². The zero-order valence-electron chi connectivity index (χ0n) is 36.2. The predicted octanol–water partition coefficient (Wildman–Crippen LogP) is 4.60. The van der Waals surface area contributed by atoms with E-state index in [2.05, 4.69) is 43.5 Å². The second kappa shape index (κ2) is 33.1. The Labute approximate surface area is 354 Å². The topological polar surface area (TPSA) is 228 Å². The van der Waals surface area contributed by atoms with Gasteiger partial charge >= 0.3 is 0 Å². The van der Waals surface area contributed by atoms with Gasteiger partial charge in [0, 0.05) is 6.42 Å². The Balaban J connectivity index is 1.78. The molecule has 346 valence electrons. The minimum absolute atomic E-state index is 0.219. The number of allylic oxidation sites excluding steroid dienone is 4. The molecule has 12 unspecified atom stereocenters. The van der Waals surface area contributed by atoms with E-state index in [9.17, 15) is 45.6 Å². The van der Waals surface area contributed by atoms with Crippen molar-refractivity contribution in [2.75, 3.05) is 19.8 Å². The molecule has 0 aromatic heterocycles. The number of carbonyl (C=O) groups excluding carboxylic acids is 1. The highest BCUT2D eigenvalue weighted by atomic mass is 16.7. The summed E-state index contributed by atoms with van der Waals surface area (Å²) in [5, 5.41) is 86.3. The zero-order chi connectivity index (χ0) is 43.3. The Kier molecular flexibility index (Phi) is 30.1. The summed E-state index contributed by atoms with van der Waals surface area (Å²) in [6.07, 6.45) is 16.6. The van der Waals surface area contributed by atoms with Crippen molar-refractivity contribution in [2.45, 2.75) is 235 Å². The number of hydrogen-bond acceptors (Lipinski definition) is 13. The summed E-state index contributed by atoms with van der Waals surface area (Å²) in [6.45, 7) is 2.73. The molecule has 0 aromatic rings. The van der Waals surface area contributed by atoms with Gasteiger partial charge in [0.2, 0.25) is 5.91 Å². The molecule has 59 heavy (non-hydrogen) atoms. The van der Waals surface area contributed by atoms with Gasteiger partial charge in [0.25, 0.3) is 0 Å². The van der Waals surface area contributed by atoms with E-state index in [0.717, 1.165) is 77.0 Å². The van der Waals surface area contributed by atoms with Gasteiger partial charge < -0.3 is 65.1 Å². The molecule has 0 bridgehead atoms. The van der Waals surface area contributed by atoms with Crippen LogP contribution in [0.25, 0.3) is 0 Å². The molecular weight excluding hydrogens is 762 g/mol. The molecule has 1 amide bonds. The third-order valence-corrected chi connectivity index (χ3v) is 11.4. The van der Waals surface area contributed by atoms with Crippen molar-refractivity contribution in [1.29, 1.82) is 0 Å². The van der Waals surface area contributed by atoms with Gasteiger partial charge in [-0.2, -0.15) is 0 Å². The largest absolute Gasteiger partial charge is 0.394 e. The summed E-state index contributed by atoms with van der Waals surface area (Å²) in [5.74, 6) is -0.219. The van der Waals surface area contributed by atoms with E-state index in [-0.39, 0.29) is 12.5 Å². The standard InChI is InChI=1S/C45H83NO13/c1-3-5-7-9-11-12-13-14-15-16-17-18-19-20-21-22-23-25-27-29-37(50)46-33(34(49)28-26-24-10-8-6-4-2)32-56-44-42(55)40(53)43(36(31-48)58-44)59-45-41(54)39(52)38(51)35(30-47)57-45/h11-12,14-15,33-36,38-45,47-49,51-55H,3-10,13,16-32H2,1-2H3,(H,46,50)/b12-11-,15-14-. The number of carbonyl (C=O) groups is 1. The van der Waals surface area contributed by atoms with Crippen molar-refractivity contribution in [3.63, 3.8) is 0 Å². The second-order valence-corrected chi connectivity index (χ2v) is 16.5. The van der Waals surface area contributed by atoms with Gasteiger partial charge in [-0.1, -0.05) is 134 Å². The quantitative estimate of drug-likeness (QED) is 0.0319. The highest BCUT2D eigenvalue weighted by Crippen LogP contribution is 2.30. The van der Waals surface area contributed by atoms with Gasteiger partial charge in [0.05, 0.1) is 32.0 Å². The molecule has 0 aromatic carbocycles. The van der Waals surface area contributed by atoms with E-state index in [1.807, 2.05) is 0 Å². The minimum atomic E-state index is -1.78. The number of nitrogens with one attached hydrogen (secondary N) is 1. The van der Waals surface area contributed by atoms with Crippen molar-refractivity contribution in [1.82, 2.24) is 5.32 Å². The van der Waals surface area contributed by atoms with Crippen LogP contribution in [0.4, 0.5) is 0 Å². The molecule has 0 saturated carbocycles. The van der Waals surface area contributed by atoms with Crippen molar-refractivity contribution in [3.05, 3.63) is 24.3 Å². The molecule has 14 heteroatoms. The van der Waals surface area contributed by atoms with Crippen LogP contribution in [-0.2, 0) is 23.7 Å².